The van der Waals surface area contributed by atoms with Crippen molar-refractivity contribution >= 4 is 40.6 Å². The van der Waals surface area contributed by atoms with Crippen LogP contribution in [0.4, 0.5) is 5.82 Å². The number of aromatic nitrogens is 2. The third-order valence-electron chi connectivity index (χ3n) is 5.23. The quantitative estimate of drug-likeness (QED) is 0.254. The number of unbranched alkanes of at least 4 members (excludes halogenated alkanes) is 11. The zero-order chi connectivity index (χ0) is 21.8. The SMILES string of the molecule is CCCCCCCCCCCCCCNc1nn(-c2c(Cl)cc(Cl)cc2Cl)cc1O. The highest BCUT2D eigenvalue weighted by Gasteiger charge is 2.14. The van der Waals surface area contributed by atoms with Crippen LogP contribution < -0.4 is 5.32 Å². The Bertz CT molecular complexity index is 741. The zero-order valence-electron chi connectivity index (χ0n) is 17.9. The number of nitrogens with one attached hydrogen (secondary N) is 1. The molecular formula is C23H34Cl3N3O. The van der Waals surface area contributed by atoms with Crippen LogP contribution in [0.1, 0.15) is 84.0 Å². The number of anilines is 1. The summed E-state index contributed by atoms with van der Waals surface area (Å²) in [7, 11) is 0. The number of halogens is 3. The van der Waals surface area contributed by atoms with E-state index in [-0.39, 0.29) is 5.75 Å². The van der Waals surface area contributed by atoms with E-state index >= 15 is 0 Å². The van der Waals surface area contributed by atoms with Gasteiger partial charge in [0.05, 0.1) is 16.2 Å². The lowest BCUT2D eigenvalue weighted by atomic mass is 10.1. The highest BCUT2D eigenvalue weighted by Crippen LogP contribution is 2.34. The Kier molecular flexibility index (Phi) is 11.8. The van der Waals surface area contributed by atoms with Gasteiger partial charge in [0.1, 0.15) is 5.69 Å². The Balaban J connectivity index is 1.62. The van der Waals surface area contributed by atoms with Crippen LogP contribution in [-0.2, 0) is 0 Å². The summed E-state index contributed by atoms with van der Waals surface area (Å²) in [5.41, 5.74) is 0.497. The van der Waals surface area contributed by atoms with Gasteiger partial charge in [-0.3, -0.25) is 0 Å². The van der Waals surface area contributed by atoms with Gasteiger partial charge < -0.3 is 10.4 Å². The zero-order valence-corrected chi connectivity index (χ0v) is 20.2. The second-order valence-electron chi connectivity index (χ2n) is 7.84. The summed E-state index contributed by atoms with van der Waals surface area (Å²) in [6.45, 7) is 3.03. The molecule has 168 valence electrons. The minimum Gasteiger partial charge on any atom is -0.503 e. The van der Waals surface area contributed by atoms with Gasteiger partial charge in [-0.1, -0.05) is 112 Å². The van der Waals surface area contributed by atoms with Gasteiger partial charge in [-0.25, -0.2) is 4.68 Å². The summed E-state index contributed by atoms with van der Waals surface area (Å²) < 4.78 is 1.47. The van der Waals surface area contributed by atoms with Crippen LogP contribution in [0.5, 0.6) is 5.75 Å². The summed E-state index contributed by atoms with van der Waals surface area (Å²) in [5.74, 6) is 0.496. The average molecular weight is 475 g/mol. The van der Waals surface area contributed by atoms with E-state index in [1.54, 1.807) is 12.1 Å². The Morgan fingerprint density at radius 3 is 1.87 bits per heavy atom. The second kappa shape index (κ2) is 14.1. The maximum Gasteiger partial charge on any atom is 0.190 e. The monoisotopic (exact) mass is 473 g/mol. The molecule has 0 aliphatic heterocycles. The molecule has 4 nitrogen and oxygen atoms in total. The Hall–Kier alpha value is -1.10. The molecule has 30 heavy (non-hydrogen) atoms. The minimum atomic E-state index is 0.0658. The molecule has 1 aromatic heterocycles. The van der Waals surface area contributed by atoms with Gasteiger partial charge >= 0.3 is 0 Å². The van der Waals surface area contributed by atoms with Crippen molar-refractivity contribution in [3.05, 3.63) is 33.4 Å². The lowest BCUT2D eigenvalue weighted by Gasteiger charge is -2.07. The first kappa shape index (κ1) is 25.2. The largest absolute Gasteiger partial charge is 0.503 e. The van der Waals surface area contributed by atoms with E-state index in [9.17, 15) is 5.11 Å². The van der Waals surface area contributed by atoms with Crippen molar-refractivity contribution in [3.8, 4) is 11.4 Å². The lowest BCUT2D eigenvalue weighted by Crippen LogP contribution is -2.04. The average Bonchev–Trinajstić information content (AvgIpc) is 3.04. The molecule has 0 amide bonds. The molecule has 2 rings (SSSR count). The maximum atomic E-state index is 10.2. The maximum absolute atomic E-state index is 10.2. The third-order valence-corrected chi connectivity index (χ3v) is 6.02. The first-order chi connectivity index (χ1) is 14.5. The second-order valence-corrected chi connectivity index (χ2v) is 9.09. The highest BCUT2D eigenvalue weighted by molar-refractivity contribution is 6.40. The number of rotatable bonds is 15. The highest BCUT2D eigenvalue weighted by atomic mass is 35.5. The first-order valence-electron chi connectivity index (χ1n) is 11.2. The fraction of sp³-hybridized carbons (Fsp3) is 0.609. The first-order valence-corrected chi connectivity index (χ1v) is 12.3. The van der Waals surface area contributed by atoms with Gasteiger partial charge in [-0.05, 0) is 18.6 Å². The van der Waals surface area contributed by atoms with Gasteiger partial charge in [0.15, 0.2) is 11.6 Å². The molecular weight excluding hydrogens is 441 g/mol. The predicted octanol–water partition coefficient (Wildman–Crippen LogP) is 8.65. The number of nitrogens with zero attached hydrogens (tertiary/aromatic N) is 2. The van der Waals surface area contributed by atoms with Crippen molar-refractivity contribution in [2.24, 2.45) is 0 Å². The summed E-state index contributed by atoms with van der Waals surface area (Å²) in [4.78, 5) is 0. The van der Waals surface area contributed by atoms with Gasteiger partial charge in [-0.15, -0.1) is 5.10 Å². The molecule has 0 radical (unpaired) electrons. The molecule has 0 aliphatic carbocycles. The van der Waals surface area contributed by atoms with Crippen LogP contribution in [0, 0.1) is 0 Å². The summed E-state index contributed by atoms with van der Waals surface area (Å²) in [6.07, 6.45) is 17.3. The summed E-state index contributed by atoms with van der Waals surface area (Å²) in [6, 6.07) is 3.20. The van der Waals surface area contributed by atoms with Crippen LogP contribution >= 0.6 is 34.8 Å². The molecule has 2 aromatic rings. The van der Waals surface area contributed by atoms with Crippen molar-refractivity contribution in [1.29, 1.82) is 0 Å². The topological polar surface area (TPSA) is 50.1 Å². The normalized spacial score (nSPS) is 11.2. The van der Waals surface area contributed by atoms with E-state index in [0.717, 1.165) is 13.0 Å². The molecule has 0 saturated heterocycles. The minimum absolute atomic E-state index is 0.0658. The molecule has 0 bridgehead atoms. The Morgan fingerprint density at radius 2 is 1.33 bits per heavy atom. The molecule has 0 saturated carbocycles. The third kappa shape index (κ3) is 8.56. The molecule has 0 aliphatic rings. The molecule has 1 heterocycles. The fourth-order valence-corrected chi connectivity index (χ4v) is 4.52. The molecule has 0 fully saturated rings. The molecule has 7 heteroatoms. The predicted molar refractivity (Wildman–Crippen MR) is 130 cm³/mol. The van der Waals surface area contributed by atoms with Crippen molar-refractivity contribution < 1.29 is 5.11 Å². The standard InChI is InChI=1S/C23H34Cl3N3O/c1-2-3-4-5-6-7-8-9-10-11-12-13-14-27-23-21(30)17-29(28-23)22-19(25)15-18(24)16-20(22)26/h15-17,30H,2-14H2,1H3,(H,27,28). The van der Waals surface area contributed by atoms with E-state index < -0.39 is 0 Å². The number of hydrogen-bond acceptors (Lipinski definition) is 3. The lowest BCUT2D eigenvalue weighted by molar-refractivity contribution is 0.476. The summed E-state index contributed by atoms with van der Waals surface area (Å²) in [5, 5.41) is 18.9. The van der Waals surface area contributed by atoms with Crippen molar-refractivity contribution in [3.63, 3.8) is 0 Å². The van der Waals surface area contributed by atoms with Gasteiger partial charge in [0.2, 0.25) is 0 Å². The summed E-state index contributed by atoms with van der Waals surface area (Å²) >= 11 is 18.4. The van der Waals surface area contributed by atoms with Crippen LogP contribution in [-0.4, -0.2) is 21.4 Å². The van der Waals surface area contributed by atoms with Crippen LogP contribution in [0.15, 0.2) is 18.3 Å². The van der Waals surface area contributed by atoms with E-state index in [1.165, 1.54) is 81.5 Å². The van der Waals surface area contributed by atoms with Crippen LogP contribution in [0.25, 0.3) is 5.69 Å². The van der Waals surface area contributed by atoms with Crippen molar-refractivity contribution in [2.45, 2.75) is 84.0 Å². The Morgan fingerprint density at radius 1 is 0.833 bits per heavy atom. The van der Waals surface area contributed by atoms with Gasteiger partial charge in [-0.2, -0.15) is 0 Å². The number of benzene rings is 1. The smallest absolute Gasteiger partial charge is 0.190 e. The molecule has 0 unspecified atom stereocenters. The molecule has 0 atom stereocenters. The number of hydrogen-bond donors (Lipinski definition) is 2. The van der Waals surface area contributed by atoms with Crippen molar-refractivity contribution in [2.75, 3.05) is 11.9 Å². The van der Waals surface area contributed by atoms with Gasteiger partial charge in [0, 0.05) is 11.6 Å². The molecule has 1 aromatic carbocycles. The Labute approximate surface area is 195 Å². The number of aromatic hydroxyl groups is 1. The molecule has 2 N–H and O–H groups in total. The van der Waals surface area contributed by atoms with E-state index in [4.69, 9.17) is 34.8 Å². The van der Waals surface area contributed by atoms with Crippen LogP contribution in [0.2, 0.25) is 15.1 Å². The fourth-order valence-electron chi connectivity index (χ4n) is 3.53. The molecule has 0 spiro atoms. The van der Waals surface area contributed by atoms with Gasteiger partial charge in [0.25, 0.3) is 0 Å². The van der Waals surface area contributed by atoms with Crippen molar-refractivity contribution in [1.82, 2.24) is 9.78 Å². The van der Waals surface area contributed by atoms with E-state index in [2.05, 4.69) is 17.3 Å². The van der Waals surface area contributed by atoms with Crippen LogP contribution in [0.3, 0.4) is 0 Å². The van der Waals surface area contributed by atoms with E-state index in [1.807, 2.05) is 0 Å². The van der Waals surface area contributed by atoms with E-state index in [0.29, 0.717) is 26.6 Å².